The molecule has 1 unspecified atom stereocenters. The number of rotatable bonds is 18. The number of hydrogen-bond donors (Lipinski definition) is 1. The molecule has 0 aromatic heterocycles. The zero-order valence-corrected chi connectivity index (χ0v) is 15.2. The van der Waals surface area contributed by atoms with E-state index in [4.69, 9.17) is 24.9 Å². The summed E-state index contributed by atoms with van der Waals surface area (Å²) in [6.45, 7) is 5.55. The SMILES string of the molecule is CCCCOCC(COCCCSCCCCCOC)ON. The van der Waals surface area contributed by atoms with Crippen LogP contribution in [0.25, 0.3) is 0 Å². The first kappa shape index (κ1) is 22.1. The standard InChI is InChI=1S/C16H35NO4S/c1-3-4-10-19-14-16(21-17)15-20-11-8-13-22-12-7-5-6-9-18-2/h16H,3-15,17H2,1-2H3. The molecule has 0 rings (SSSR count). The zero-order chi connectivity index (χ0) is 16.3. The Morgan fingerprint density at radius 3 is 2.18 bits per heavy atom. The van der Waals surface area contributed by atoms with Crippen molar-refractivity contribution < 1.29 is 19.0 Å². The van der Waals surface area contributed by atoms with Crippen LogP contribution >= 0.6 is 11.8 Å². The molecule has 0 aromatic rings. The maximum atomic E-state index is 5.59. The second-order valence-corrected chi connectivity index (χ2v) is 6.51. The van der Waals surface area contributed by atoms with Gasteiger partial charge in [-0.1, -0.05) is 19.8 Å². The first-order valence-electron chi connectivity index (χ1n) is 8.42. The minimum Gasteiger partial charge on any atom is -0.385 e. The highest BCUT2D eigenvalue weighted by atomic mass is 32.2. The Hall–Kier alpha value is 0.150. The van der Waals surface area contributed by atoms with Gasteiger partial charge in [-0.3, -0.25) is 4.84 Å². The Morgan fingerprint density at radius 2 is 1.55 bits per heavy atom. The highest BCUT2D eigenvalue weighted by Crippen LogP contribution is 2.08. The van der Waals surface area contributed by atoms with E-state index in [0.29, 0.717) is 13.2 Å². The maximum Gasteiger partial charge on any atom is 0.125 e. The Kier molecular flexibility index (Phi) is 19.3. The molecule has 0 spiro atoms. The summed E-state index contributed by atoms with van der Waals surface area (Å²) < 4.78 is 16.1. The predicted octanol–water partition coefficient (Wildman–Crippen LogP) is 3.02. The third-order valence-corrected chi connectivity index (χ3v) is 4.31. The van der Waals surface area contributed by atoms with Crippen LogP contribution in [0.4, 0.5) is 0 Å². The van der Waals surface area contributed by atoms with Gasteiger partial charge in [0, 0.05) is 26.9 Å². The summed E-state index contributed by atoms with van der Waals surface area (Å²) in [6, 6.07) is 0. The zero-order valence-electron chi connectivity index (χ0n) is 14.4. The molecule has 0 aliphatic rings. The minimum absolute atomic E-state index is 0.162. The third kappa shape index (κ3) is 16.5. The monoisotopic (exact) mass is 337 g/mol. The van der Waals surface area contributed by atoms with Crippen molar-refractivity contribution >= 4 is 11.8 Å². The van der Waals surface area contributed by atoms with Crippen LogP contribution in [0.3, 0.4) is 0 Å². The average Bonchev–Trinajstić information content (AvgIpc) is 2.54. The molecule has 1 atom stereocenters. The molecule has 0 bridgehead atoms. The van der Waals surface area contributed by atoms with Crippen molar-refractivity contribution in [1.82, 2.24) is 0 Å². The lowest BCUT2D eigenvalue weighted by Crippen LogP contribution is -2.29. The molecule has 5 nitrogen and oxygen atoms in total. The Labute approximate surface area is 140 Å². The summed E-state index contributed by atoms with van der Waals surface area (Å²) >= 11 is 1.99. The maximum absolute atomic E-state index is 5.59. The molecular weight excluding hydrogens is 302 g/mol. The van der Waals surface area contributed by atoms with E-state index in [1.165, 1.54) is 25.0 Å². The number of nitrogens with two attached hydrogens (primary N) is 1. The fourth-order valence-corrected chi connectivity index (χ4v) is 2.73. The molecule has 0 radical (unpaired) electrons. The average molecular weight is 338 g/mol. The molecule has 6 heteroatoms. The van der Waals surface area contributed by atoms with Gasteiger partial charge in [0.05, 0.1) is 13.2 Å². The van der Waals surface area contributed by atoms with Crippen LogP contribution in [-0.4, -0.2) is 57.8 Å². The van der Waals surface area contributed by atoms with Crippen molar-refractivity contribution in [1.29, 1.82) is 0 Å². The molecule has 0 amide bonds. The lowest BCUT2D eigenvalue weighted by molar-refractivity contribution is -0.0615. The van der Waals surface area contributed by atoms with Crippen molar-refractivity contribution in [2.24, 2.45) is 5.90 Å². The quantitative estimate of drug-likeness (QED) is 0.306. The molecule has 0 aromatic carbocycles. The van der Waals surface area contributed by atoms with E-state index in [1.807, 2.05) is 11.8 Å². The smallest absolute Gasteiger partial charge is 0.125 e. The first-order chi connectivity index (χ1) is 10.8. The Bertz CT molecular complexity index is 211. The van der Waals surface area contributed by atoms with Gasteiger partial charge < -0.3 is 14.2 Å². The summed E-state index contributed by atoms with van der Waals surface area (Å²) in [5, 5.41) is 0. The number of unbranched alkanes of at least 4 members (excludes halogenated alkanes) is 3. The van der Waals surface area contributed by atoms with E-state index in [1.54, 1.807) is 7.11 Å². The van der Waals surface area contributed by atoms with Gasteiger partial charge in [-0.2, -0.15) is 11.8 Å². The number of thioether (sulfide) groups is 1. The molecule has 0 saturated heterocycles. The fourth-order valence-electron chi connectivity index (χ4n) is 1.80. The summed E-state index contributed by atoms with van der Waals surface area (Å²) in [7, 11) is 1.76. The van der Waals surface area contributed by atoms with Crippen molar-refractivity contribution in [3.63, 3.8) is 0 Å². The Morgan fingerprint density at radius 1 is 0.864 bits per heavy atom. The predicted molar refractivity (Wildman–Crippen MR) is 93.3 cm³/mol. The second kappa shape index (κ2) is 19.2. The van der Waals surface area contributed by atoms with Crippen LogP contribution in [0.5, 0.6) is 0 Å². The van der Waals surface area contributed by atoms with Crippen LogP contribution in [-0.2, 0) is 19.0 Å². The van der Waals surface area contributed by atoms with Crippen LogP contribution < -0.4 is 5.90 Å². The largest absolute Gasteiger partial charge is 0.385 e. The van der Waals surface area contributed by atoms with Gasteiger partial charge in [-0.15, -0.1) is 0 Å². The highest BCUT2D eigenvalue weighted by molar-refractivity contribution is 7.99. The van der Waals surface area contributed by atoms with Crippen molar-refractivity contribution in [2.75, 3.05) is 51.6 Å². The van der Waals surface area contributed by atoms with Gasteiger partial charge in [-0.25, -0.2) is 5.90 Å². The van der Waals surface area contributed by atoms with E-state index in [2.05, 4.69) is 6.92 Å². The topological polar surface area (TPSA) is 62.9 Å². The van der Waals surface area contributed by atoms with Crippen molar-refractivity contribution in [3.05, 3.63) is 0 Å². The van der Waals surface area contributed by atoms with Gasteiger partial charge in [0.15, 0.2) is 0 Å². The third-order valence-electron chi connectivity index (χ3n) is 3.16. The first-order valence-corrected chi connectivity index (χ1v) is 9.58. The number of hydrogen-bond acceptors (Lipinski definition) is 6. The molecule has 0 aliphatic heterocycles. The normalized spacial score (nSPS) is 12.7. The highest BCUT2D eigenvalue weighted by Gasteiger charge is 2.08. The van der Waals surface area contributed by atoms with Gasteiger partial charge in [0.1, 0.15) is 6.10 Å². The molecule has 0 heterocycles. The summed E-state index contributed by atoms with van der Waals surface area (Å²) in [4.78, 5) is 4.86. The minimum atomic E-state index is -0.162. The molecule has 0 fully saturated rings. The lowest BCUT2D eigenvalue weighted by Gasteiger charge is -2.15. The van der Waals surface area contributed by atoms with E-state index >= 15 is 0 Å². The van der Waals surface area contributed by atoms with Crippen LogP contribution in [0, 0.1) is 0 Å². The van der Waals surface area contributed by atoms with Crippen molar-refractivity contribution in [3.8, 4) is 0 Å². The molecule has 0 aliphatic carbocycles. The van der Waals surface area contributed by atoms with E-state index in [0.717, 1.165) is 44.8 Å². The van der Waals surface area contributed by atoms with Gasteiger partial charge >= 0.3 is 0 Å². The van der Waals surface area contributed by atoms with E-state index < -0.39 is 0 Å². The Balaban J connectivity index is 3.22. The second-order valence-electron chi connectivity index (χ2n) is 5.28. The van der Waals surface area contributed by atoms with E-state index in [-0.39, 0.29) is 6.10 Å². The fraction of sp³-hybridized carbons (Fsp3) is 1.00. The number of ether oxygens (including phenoxy) is 3. The van der Waals surface area contributed by atoms with Crippen LogP contribution in [0.1, 0.15) is 45.4 Å². The molecule has 0 saturated carbocycles. The molecule has 22 heavy (non-hydrogen) atoms. The molecule has 2 N–H and O–H groups in total. The van der Waals surface area contributed by atoms with Crippen LogP contribution in [0.15, 0.2) is 0 Å². The molecular formula is C16H35NO4S. The van der Waals surface area contributed by atoms with Gasteiger partial charge in [-0.05, 0) is 37.2 Å². The summed E-state index contributed by atoms with van der Waals surface area (Å²) in [6.07, 6.45) is 6.80. The van der Waals surface area contributed by atoms with Gasteiger partial charge in [0.25, 0.3) is 0 Å². The van der Waals surface area contributed by atoms with E-state index in [9.17, 15) is 0 Å². The summed E-state index contributed by atoms with van der Waals surface area (Å²) in [5.41, 5.74) is 0. The lowest BCUT2D eigenvalue weighted by atomic mass is 10.3. The van der Waals surface area contributed by atoms with Crippen LogP contribution in [0.2, 0.25) is 0 Å². The number of methoxy groups -OCH3 is 1. The summed E-state index contributed by atoms with van der Waals surface area (Å²) in [5.74, 6) is 7.61. The van der Waals surface area contributed by atoms with Crippen molar-refractivity contribution in [2.45, 2.75) is 51.6 Å². The molecule has 134 valence electrons. The van der Waals surface area contributed by atoms with Gasteiger partial charge in [0.2, 0.25) is 0 Å².